The van der Waals surface area contributed by atoms with Crippen LogP contribution >= 0.6 is 0 Å². The maximum atomic E-state index is 10.4. The lowest BCUT2D eigenvalue weighted by Crippen LogP contribution is -1.90. The Bertz CT molecular complexity index is 318. The molecule has 1 atom stereocenters. The first kappa shape index (κ1) is 7.50. The Hall–Kier alpha value is -1.15. The third kappa shape index (κ3) is 1.04. The van der Waals surface area contributed by atoms with Crippen molar-refractivity contribution < 1.29 is 9.90 Å². The predicted octanol–water partition coefficient (Wildman–Crippen LogP) is 1.48. The molecule has 0 aromatic heterocycles. The third-order valence-electron chi connectivity index (χ3n) is 2.35. The van der Waals surface area contributed by atoms with Crippen molar-refractivity contribution >= 4 is 6.29 Å². The van der Waals surface area contributed by atoms with Crippen LogP contribution in [0.3, 0.4) is 0 Å². The van der Waals surface area contributed by atoms with Gasteiger partial charge >= 0.3 is 0 Å². The molecule has 1 aliphatic carbocycles. The maximum Gasteiger partial charge on any atom is 0.150 e. The van der Waals surface area contributed by atoms with Crippen molar-refractivity contribution in [3.05, 3.63) is 34.9 Å². The minimum Gasteiger partial charge on any atom is -0.388 e. The SMILES string of the molecule is O=Cc1ccc2c(c1)CCC2O. The van der Waals surface area contributed by atoms with Gasteiger partial charge in [-0.3, -0.25) is 4.79 Å². The van der Waals surface area contributed by atoms with E-state index in [0.29, 0.717) is 5.56 Å². The highest BCUT2D eigenvalue weighted by Gasteiger charge is 2.19. The van der Waals surface area contributed by atoms with E-state index in [9.17, 15) is 9.90 Å². The number of fused-ring (bicyclic) bond motifs is 1. The number of hydrogen-bond acceptors (Lipinski definition) is 2. The molecular weight excluding hydrogens is 152 g/mol. The first-order valence-electron chi connectivity index (χ1n) is 4.07. The van der Waals surface area contributed by atoms with Crippen LogP contribution in [0, 0.1) is 0 Å². The molecule has 2 nitrogen and oxygen atoms in total. The molecule has 1 unspecified atom stereocenters. The Labute approximate surface area is 70.8 Å². The summed E-state index contributed by atoms with van der Waals surface area (Å²) in [6.07, 6.45) is 2.20. The number of hydrogen-bond donors (Lipinski definition) is 1. The molecular formula is C10H10O2. The van der Waals surface area contributed by atoms with Crippen LogP contribution in [-0.4, -0.2) is 11.4 Å². The van der Waals surface area contributed by atoms with Gasteiger partial charge in [-0.05, 0) is 30.0 Å². The zero-order chi connectivity index (χ0) is 8.55. The summed E-state index contributed by atoms with van der Waals surface area (Å²) in [5.74, 6) is 0. The molecule has 0 saturated carbocycles. The first-order valence-corrected chi connectivity index (χ1v) is 4.07. The summed E-state index contributed by atoms with van der Waals surface area (Å²) in [5.41, 5.74) is 2.80. The lowest BCUT2D eigenvalue weighted by molar-refractivity contribution is 0.112. The Balaban J connectivity index is 2.48. The molecule has 0 heterocycles. The lowest BCUT2D eigenvalue weighted by atomic mass is 10.1. The molecule has 62 valence electrons. The van der Waals surface area contributed by atoms with Gasteiger partial charge in [-0.25, -0.2) is 0 Å². The van der Waals surface area contributed by atoms with Crippen molar-refractivity contribution in [1.29, 1.82) is 0 Å². The van der Waals surface area contributed by atoms with Crippen molar-refractivity contribution in [2.75, 3.05) is 0 Å². The summed E-state index contributed by atoms with van der Waals surface area (Å²) in [4.78, 5) is 10.4. The summed E-state index contributed by atoms with van der Waals surface area (Å²) in [7, 11) is 0. The van der Waals surface area contributed by atoms with Crippen LogP contribution in [0.1, 0.15) is 34.0 Å². The van der Waals surface area contributed by atoms with Crippen molar-refractivity contribution in [3.63, 3.8) is 0 Å². The smallest absolute Gasteiger partial charge is 0.150 e. The second-order valence-corrected chi connectivity index (χ2v) is 3.13. The predicted molar refractivity (Wildman–Crippen MR) is 45.1 cm³/mol. The summed E-state index contributed by atoms with van der Waals surface area (Å²) in [6.45, 7) is 0. The maximum absolute atomic E-state index is 10.4. The van der Waals surface area contributed by atoms with Crippen LogP contribution in [0.2, 0.25) is 0 Å². The molecule has 0 saturated heterocycles. The van der Waals surface area contributed by atoms with E-state index in [1.807, 2.05) is 12.1 Å². The Morgan fingerprint density at radius 2 is 2.33 bits per heavy atom. The van der Waals surface area contributed by atoms with Crippen LogP contribution in [0.4, 0.5) is 0 Å². The third-order valence-corrected chi connectivity index (χ3v) is 2.35. The van der Waals surface area contributed by atoms with Gasteiger partial charge in [-0.1, -0.05) is 12.1 Å². The van der Waals surface area contributed by atoms with E-state index in [1.165, 1.54) is 0 Å². The number of carbonyl (C=O) groups excluding carboxylic acids is 1. The fraction of sp³-hybridized carbons (Fsp3) is 0.300. The minimum absolute atomic E-state index is 0.319. The molecule has 0 bridgehead atoms. The minimum atomic E-state index is -0.319. The van der Waals surface area contributed by atoms with Gasteiger partial charge in [0.15, 0.2) is 0 Å². The fourth-order valence-corrected chi connectivity index (χ4v) is 1.69. The Kier molecular flexibility index (Phi) is 1.70. The van der Waals surface area contributed by atoms with Crippen LogP contribution in [0.5, 0.6) is 0 Å². The molecule has 0 aliphatic heterocycles. The monoisotopic (exact) mass is 162 g/mol. The van der Waals surface area contributed by atoms with Crippen LogP contribution in [0.15, 0.2) is 18.2 Å². The molecule has 0 radical (unpaired) electrons. The molecule has 0 amide bonds. The van der Waals surface area contributed by atoms with Crippen LogP contribution in [-0.2, 0) is 6.42 Å². The summed E-state index contributed by atoms with van der Waals surface area (Å²) in [5, 5.41) is 9.46. The van der Waals surface area contributed by atoms with Gasteiger partial charge < -0.3 is 5.11 Å². The van der Waals surface area contributed by atoms with Crippen LogP contribution < -0.4 is 0 Å². The largest absolute Gasteiger partial charge is 0.388 e. The highest BCUT2D eigenvalue weighted by atomic mass is 16.3. The van der Waals surface area contributed by atoms with E-state index in [-0.39, 0.29) is 6.10 Å². The van der Waals surface area contributed by atoms with E-state index in [2.05, 4.69) is 0 Å². The molecule has 1 N–H and O–H groups in total. The fourth-order valence-electron chi connectivity index (χ4n) is 1.69. The standard InChI is InChI=1S/C10H10O2/c11-6-7-1-3-9-8(5-7)2-4-10(9)12/h1,3,5-6,10,12H,2,4H2. The van der Waals surface area contributed by atoms with Gasteiger partial charge in [0.05, 0.1) is 6.10 Å². The number of aliphatic hydroxyl groups is 1. The zero-order valence-corrected chi connectivity index (χ0v) is 6.66. The van der Waals surface area contributed by atoms with Gasteiger partial charge in [0.1, 0.15) is 6.29 Å². The van der Waals surface area contributed by atoms with Crippen LogP contribution in [0.25, 0.3) is 0 Å². The molecule has 12 heavy (non-hydrogen) atoms. The summed E-state index contributed by atoms with van der Waals surface area (Å²) >= 11 is 0. The van der Waals surface area contributed by atoms with E-state index >= 15 is 0 Å². The average molecular weight is 162 g/mol. The molecule has 2 rings (SSSR count). The normalized spacial score (nSPS) is 20.6. The van der Waals surface area contributed by atoms with Crippen molar-refractivity contribution in [2.45, 2.75) is 18.9 Å². The number of aryl methyl sites for hydroxylation is 1. The summed E-state index contributed by atoms with van der Waals surface area (Å²) < 4.78 is 0. The van der Waals surface area contributed by atoms with E-state index in [1.54, 1.807) is 6.07 Å². The van der Waals surface area contributed by atoms with Gasteiger partial charge in [0.25, 0.3) is 0 Å². The van der Waals surface area contributed by atoms with E-state index in [0.717, 1.165) is 30.3 Å². The Morgan fingerprint density at radius 3 is 3.08 bits per heavy atom. The number of aldehydes is 1. The lowest BCUT2D eigenvalue weighted by Gasteiger charge is -2.02. The van der Waals surface area contributed by atoms with Gasteiger partial charge in [0.2, 0.25) is 0 Å². The van der Waals surface area contributed by atoms with Crippen molar-refractivity contribution in [2.24, 2.45) is 0 Å². The summed E-state index contributed by atoms with van der Waals surface area (Å²) in [6, 6.07) is 5.45. The second-order valence-electron chi connectivity index (χ2n) is 3.13. The number of carbonyl (C=O) groups is 1. The molecule has 1 aromatic rings. The highest BCUT2D eigenvalue weighted by molar-refractivity contribution is 5.75. The Morgan fingerprint density at radius 1 is 1.50 bits per heavy atom. The quantitative estimate of drug-likeness (QED) is 0.635. The van der Waals surface area contributed by atoms with Gasteiger partial charge in [0, 0.05) is 5.56 Å². The van der Waals surface area contributed by atoms with Crippen molar-refractivity contribution in [3.8, 4) is 0 Å². The van der Waals surface area contributed by atoms with Gasteiger partial charge in [-0.15, -0.1) is 0 Å². The topological polar surface area (TPSA) is 37.3 Å². The van der Waals surface area contributed by atoms with E-state index in [4.69, 9.17) is 0 Å². The number of benzene rings is 1. The molecule has 1 aliphatic rings. The molecule has 0 spiro atoms. The average Bonchev–Trinajstić information content (AvgIpc) is 2.47. The van der Waals surface area contributed by atoms with Crippen molar-refractivity contribution in [1.82, 2.24) is 0 Å². The van der Waals surface area contributed by atoms with Gasteiger partial charge in [-0.2, -0.15) is 0 Å². The second kappa shape index (κ2) is 2.72. The zero-order valence-electron chi connectivity index (χ0n) is 6.66. The molecule has 2 heteroatoms. The highest BCUT2D eigenvalue weighted by Crippen LogP contribution is 2.30. The van der Waals surface area contributed by atoms with E-state index < -0.39 is 0 Å². The molecule has 0 fully saturated rings. The molecule has 1 aromatic carbocycles. The first-order chi connectivity index (χ1) is 5.81. The number of rotatable bonds is 1. The number of aliphatic hydroxyl groups excluding tert-OH is 1.